The van der Waals surface area contributed by atoms with Gasteiger partial charge >= 0.3 is 11.3 Å². The van der Waals surface area contributed by atoms with Crippen LogP contribution in [0.25, 0.3) is 34.5 Å². The number of imidazole rings is 2. The summed E-state index contributed by atoms with van der Waals surface area (Å²) >= 11 is 0. The van der Waals surface area contributed by atoms with Crippen LogP contribution in [0.1, 0.15) is 75.0 Å². The zero-order chi connectivity index (χ0) is 40.1. The maximum atomic E-state index is 12.1. The number of hydrogen-bond donors (Lipinski definition) is 4. The predicted octanol–water partition coefficient (Wildman–Crippen LogP) is 6.09. The second-order valence-corrected chi connectivity index (χ2v) is 16.1. The summed E-state index contributed by atoms with van der Waals surface area (Å²) in [6.07, 6.45) is 16.3. The van der Waals surface area contributed by atoms with E-state index < -0.39 is 0 Å². The number of rotatable bonds is 7. The number of aromatic nitrogens is 8. The van der Waals surface area contributed by atoms with Crippen LogP contribution >= 0.6 is 0 Å². The van der Waals surface area contributed by atoms with Crippen molar-refractivity contribution in [2.75, 3.05) is 11.9 Å². The molecule has 16 nitrogen and oxygen atoms in total. The lowest BCUT2D eigenvalue weighted by atomic mass is 9.76. The molecule has 8 heterocycles. The maximum Gasteiger partial charge on any atom is 0.346 e. The van der Waals surface area contributed by atoms with Crippen LogP contribution in [-0.4, -0.2) is 58.2 Å². The lowest BCUT2D eigenvalue weighted by molar-refractivity contribution is 0.136. The van der Waals surface area contributed by atoms with E-state index in [0.717, 1.165) is 68.6 Å². The Balaban J connectivity index is 0.000000150. The first-order chi connectivity index (χ1) is 28.1. The molecule has 4 N–H and O–H groups in total. The summed E-state index contributed by atoms with van der Waals surface area (Å²) in [6.45, 7) is 9.62. The molecule has 6 atom stereocenters. The van der Waals surface area contributed by atoms with Crippen LogP contribution in [0.2, 0.25) is 0 Å². The summed E-state index contributed by atoms with van der Waals surface area (Å²) in [6, 6.07) is 3.61. The highest BCUT2D eigenvalue weighted by Gasteiger charge is 2.35. The Morgan fingerprint density at radius 2 is 1.41 bits per heavy atom. The maximum absolute atomic E-state index is 12.1. The number of anilines is 1. The highest BCUT2D eigenvalue weighted by atomic mass is 16.5. The predicted molar refractivity (Wildman–Crippen MR) is 215 cm³/mol. The van der Waals surface area contributed by atoms with E-state index in [1.54, 1.807) is 38.9 Å². The van der Waals surface area contributed by atoms with Crippen molar-refractivity contribution in [3.05, 3.63) is 97.6 Å². The molecular formula is C42H46N10O6. The molecule has 10 rings (SSSR count). The quantitative estimate of drug-likeness (QED) is 0.145. The number of aromatic amines is 2. The van der Waals surface area contributed by atoms with Crippen LogP contribution in [0.3, 0.4) is 0 Å². The van der Waals surface area contributed by atoms with Gasteiger partial charge in [0.25, 0.3) is 0 Å². The van der Waals surface area contributed by atoms with Gasteiger partial charge in [-0.2, -0.15) is 0 Å². The first-order valence-corrected chi connectivity index (χ1v) is 19.9. The molecule has 300 valence electrons. The SMILES string of the molecule is Cc1cc2c(c(=O)o1)C=C1CC[C@H](C(C)CNc3ncnc4nc[nH]c34)C[C@@H]1O2.Cc1cc2c(c(=O)o1)C=C1CC[C@H](C(C)Cn3cnc(=N)c4[nH]cnc43)C[C@@H]1O2. The third-order valence-corrected chi connectivity index (χ3v) is 12.2. The monoisotopic (exact) mass is 786 g/mol. The van der Waals surface area contributed by atoms with Crippen molar-refractivity contribution < 1.29 is 18.3 Å². The highest BCUT2D eigenvalue weighted by molar-refractivity contribution is 5.81. The van der Waals surface area contributed by atoms with Crippen LogP contribution in [0.5, 0.6) is 11.5 Å². The lowest BCUT2D eigenvalue weighted by Crippen LogP contribution is -2.35. The fraction of sp³-hybridized carbons (Fsp3) is 0.429. The fourth-order valence-corrected chi connectivity index (χ4v) is 8.89. The van der Waals surface area contributed by atoms with Crippen molar-refractivity contribution >= 4 is 40.3 Å². The van der Waals surface area contributed by atoms with E-state index >= 15 is 0 Å². The minimum Gasteiger partial charge on any atom is -0.485 e. The Hall–Kier alpha value is -6.32. The van der Waals surface area contributed by atoms with Gasteiger partial charge in [0.2, 0.25) is 0 Å². The summed E-state index contributed by atoms with van der Waals surface area (Å²) in [5, 5.41) is 11.3. The second-order valence-electron chi connectivity index (χ2n) is 16.1. The molecule has 2 aliphatic heterocycles. The van der Waals surface area contributed by atoms with Gasteiger partial charge < -0.3 is 38.2 Å². The minimum absolute atomic E-state index is 0.00838. The summed E-state index contributed by atoms with van der Waals surface area (Å²) in [7, 11) is 0. The number of aryl methyl sites for hydroxylation is 2. The topological polar surface area (TPSA) is 216 Å². The Morgan fingerprint density at radius 3 is 2.07 bits per heavy atom. The average molecular weight is 787 g/mol. The molecule has 6 aromatic heterocycles. The van der Waals surface area contributed by atoms with Crippen molar-refractivity contribution in [1.29, 1.82) is 5.41 Å². The first-order valence-electron chi connectivity index (χ1n) is 19.9. The van der Waals surface area contributed by atoms with E-state index in [0.29, 0.717) is 69.0 Å². The minimum atomic E-state index is -0.328. The molecule has 2 aliphatic carbocycles. The fourth-order valence-electron chi connectivity index (χ4n) is 8.89. The van der Waals surface area contributed by atoms with E-state index in [4.69, 9.17) is 23.7 Å². The van der Waals surface area contributed by atoms with Crippen LogP contribution in [0, 0.1) is 42.9 Å². The Morgan fingerprint density at radius 1 is 0.810 bits per heavy atom. The molecule has 0 saturated heterocycles. The summed E-state index contributed by atoms with van der Waals surface area (Å²) in [5.41, 5.74) is 5.93. The van der Waals surface area contributed by atoms with Gasteiger partial charge in [-0.05, 0) is 99.3 Å². The number of hydrogen-bond acceptors (Lipinski definition) is 13. The largest absolute Gasteiger partial charge is 0.485 e. The molecule has 58 heavy (non-hydrogen) atoms. The number of nitrogens with zero attached hydrogens (tertiary/aromatic N) is 6. The summed E-state index contributed by atoms with van der Waals surface area (Å²) in [4.78, 5) is 51.5. The molecule has 0 aromatic carbocycles. The smallest absolute Gasteiger partial charge is 0.346 e. The van der Waals surface area contributed by atoms with Gasteiger partial charge in [0.1, 0.15) is 63.7 Å². The van der Waals surface area contributed by atoms with E-state index in [-0.39, 0.29) is 28.9 Å². The lowest BCUT2D eigenvalue weighted by Gasteiger charge is -2.37. The van der Waals surface area contributed by atoms with Crippen LogP contribution in [0.4, 0.5) is 5.82 Å². The number of ether oxygens (including phenoxy) is 2. The molecule has 0 radical (unpaired) electrons. The second kappa shape index (κ2) is 15.2. The summed E-state index contributed by atoms with van der Waals surface area (Å²) in [5.74, 6) is 5.03. The third-order valence-electron chi connectivity index (χ3n) is 12.2. The molecule has 2 unspecified atom stereocenters. The normalized spacial score (nSPS) is 21.7. The Labute approximate surface area is 332 Å². The van der Waals surface area contributed by atoms with Crippen molar-refractivity contribution in [3.63, 3.8) is 0 Å². The van der Waals surface area contributed by atoms with Crippen LogP contribution in [-0.2, 0) is 6.54 Å². The molecule has 0 spiro atoms. The van der Waals surface area contributed by atoms with Gasteiger partial charge in [-0.25, -0.2) is 34.5 Å². The van der Waals surface area contributed by atoms with Crippen molar-refractivity contribution in [1.82, 2.24) is 39.5 Å². The van der Waals surface area contributed by atoms with E-state index in [2.05, 4.69) is 54.1 Å². The van der Waals surface area contributed by atoms with E-state index in [9.17, 15) is 9.59 Å². The van der Waals surface area contributed by atoms with Gasteiger partial charge in [-0.1, -0.05) is 13.8 Å². The molecule has 16 heteroatoms. The van der Waals surface area contributed by atoms with Crippen molar-refractivity contribution in [2.24, 2.45) is 23.7 Å². The molecule has 6 aromatic rings. The first kappa shape index (κ1) is 37.3. The third kappa shape index (κ3) is 7.22. The van der Waals surface area contributed by atoms with E-state index in [1.165, 1.54) is 17.5 Å². The van der Waals surface area contributed by atoms with Gasteiger partial charge in [-0.3, -0.25) is 5.41 Å². The van der Waals surface area contributed by atoms with Crippen molar-refractivity contribution in [2.45, 2.75) is 85.0 Å². The Bertz CT molecular complexity index is 2760. The number of fused-ring (bicyclic) bond motifs is 6. The summed E-state index contributed by atoms with van der Waals surface area (Å²) < 4.78 is 24.9. The van der Waals surface area contributed by atoms with Crippen LogP contribution < -0.4 is 31.5 Å². The molecular weight excluding hydrogens is 741 g/mol. The molecule has 2 saturated carbocycles. The van der Waals surface area contributed by atoms with Gasteiger partial charge in [-0.15, -0.1) is 0 Å². The zero-order valence-electron chi connectivity index (χ0n) is 32.9. The zero-order valence-corrected chi connectivity index (χ0v) is 32.9. The Kier molecular flexibility index (Phi) is 9.77. The van der Waals surface area contributed by atoms with Gasteiger partial charge in [0, 0.05) is 25.2 Å². The molecule has 4 aliphatic rings. The molecule has 0 amide bonds. The average Bonchev–Trinajstić information content (AvgIpc) is 3.91. The standard InChI is InChI=1S/2C21H23N5O3/c1-11(8-26-10-25-19(22)18-20(26)24-9-23-18)13-3-4-14-6-15-17(29-16(14)7-13)5-12(2)28-21(15)27;1-11(8-22-19-18-20(24-9-23-18)26-10-25-19)13-3-4-14-6-15-17(29-16(14)7-13)5-12(2)28-21(15)27/h5-6,9-11,13,16,22H,3-4,7-8H2,1-2H3,(H,23,24);5-6,9-11,13,16H,3-4,7-8H2,1-2H3,(H2,22,23,24,25,26)/t2*11?,13-,16-/m00/s1. The van der Waals surface area contributed by atoms with Gasteiger partial charge in [0.05, 0.1) is 19.0 Å². The van der Waals surface area contributed by atoms with Gasteiger partial charge in [0.15, 0.2) is 22.6 Å². The number of nitrogens with one attached hydrogen (secondary N) is 4. The molecule has 2 fully saturated rings. The van der Waals surface area contributed by atoms with Crippen molar-refractivity contribution in [3.8, 4) is 11.5 Å². The van der Waals surface area contributed by atoms with Crippen LogP contribution in [0.15, 0.2) is 67.0 Å². The highest BCUT2D eigenvalue weighted by Crippen LogP contribution is 2.42. The molecule has 0 bridgehead atoms. The van der Waals surface area contributed by atoms with E-state index in [1.807, 2.05) is 22.8 Å². The number of H-pyrrole nitrogens is 2.